The lowest BCUT2D eigenvalue weighted by molar-refractivity contribution is -0.119. The smallest absolute Gasteiger partial charge is 0.230 e. The van der Waals surface area contributed by atoms with Crippen molar-refractivity contribution in [1.29, 1.82) is 0 Å². The number of carbonyl (C=O) groups is 1. The lowest BCUT2D eigenvalue weighted by atomic mass is 10.1. The molecule has 5 nitrogen and oxygen atoms in total. The van der Waals surface area contributed by atoms with Crippen LogP contribution in [0.15, 0.2) is 41.0 Å². The van der Waals surface area contributed by atoms with Crippen molar-refractivity contribution in [3.05, 3.63) is 42.3 Å². The summed E-state index contributed by atoms with van der Waals surface area (Å²) in [6.45, 7) is 1.97. The minimum Gasteiger partial charge on any atom is -0.444 e. The highest BCUT2D eigenvalue weighted by Crippen LogP contribution is 2.20. The van der Waals surface area contributed by atoms with Gasteiger partial charge in [-0.1, -0.05) is 18.2 Å². The van der Waals surface area contributed by atoms with Crippen molar-refractivity contribution in [1.82, 2.24) is 15.6 Å². The molecule has 1 aromatic carbocycles. The van der Waals surface area contributed by atoms with Crippen molar-refractivity contribution in [2.24, 2.45) is 0 Å². The number of rotatable bonds is 6. The molecule has 1 fully saturated rings. The third-order valence-electron chi connectivity index (χ3n) is 3.76. The van der Waals surface area contributed by atoms with Crippen molar-refractivity contribution in [2.45, 2.75) is 24.6 Å². The number of amides is 1. The van der Waals surface area contributed by atoms with E-state index >= 15 is 0 Å². The van der Waals surface area contributed by atoms with E-state index < -0.39 is 0 Å². The number of benzene rings is 1. The van der Waals surface area contributed by atoms with Gasteiger partial charge in [0.1, 0.15) is 6.26 Å². The Morgan fingerprint density at radius 3 is 2.87 bits per heavy atom. The molecule has 0 unspecified atom stereocenters. The molecule has 1 aliphatic rings. The first-order valence-corrected chi connectivity index (χ1v) is 9.04. The van der Waals surface area contributed by atoms with Crippen LogP contribution < -0.4 is 10.6 Å². The van der Waals surface area contributed by atoms with Gasteiger partial charge in [-0.05, 0) is 38.1 Å². The number of oxazole rings is 1. The fourth-order valence-electron chi connectivity index (χ4n) is 2.57. The molecule has 2 heterocycles. The average Bonchev–Trinajstić information content (AvgIpc) is 3.05. The van der Waals surface area contributed by atoms with Crippen LogP contribution in [0.25, 0.3) is 11.5 Å². The van der Waals surface area contributed by atoms with Gasteiger partial charge in [-0.3, -0.25) is 4.79 Å². The summed E-state index contributed by atoms with van der Waals surface area (Å²) in [6.07, 6.45) is 3.69. The van der Waals surface area contributed by atoms with E-state index in [1.54, 1.807) is 18.0 Å². The Labute approximate surface area is 140 Å². The standard InChI is InChI=1S/C17H21N3O2S/c21-16(19-14-6-8-18-9-7-14)12-23-11-15-10-22-17(20-15)13-4-2-1-3-5-13/h1-5,10,14,18H,6-9,11-12H2,(H,19,21). The molecule has 0 spiro atoms. The molecular formula is C17H21N3O2S. The average molecular weight is 331 g/mol. The van der Waals surface area contributed by atoms with E-state index in [0.717, 1.165) is 37.2 Å². The quantitative estimate of drug-likeness (QED) is 0.851. The van der Waals surface area contributed by atoms with E-state index in [0.29, 0.717) is 23.4 Å². The second-order valence-corrected chi connectivity index (χ2v) is 6.58. The van der Waals surface area contributed by atoms with Gasteiger partial charge in [0, 0.05) is 17.4 Å². The molecule has 0 saturated carbocycles. The molecule has 0 bridgehead atoms. The predicted molar refractivity (Wildman–Crippen MR) is 92.1 cm³/mol. The summed E-state index contributed by atoms with van der Waals surface area (Å²) in [4.78, 5) is 16.4. The van der Waals surface area contributed by atoms with Crippen LogP contribution in [-0.2, 0) is 10.5 Å². The maximum atomic E-state index is 11.9. The SMILES string of the molecule is O=C(CSCc1coc(-c2ccccc2)n1)NC1CCNCC1. The van der Waals surface area contributed by atoms with Crippen LogP contribution in [0.1, 0.15) is 18.5 Å². The molecule has 23 heavy (non-hydrogen) atoms. The highest BCUT2D eigenvalue weighted by molar-refractivity contribution is 7.99. The van der Waals surface area contributed by atoms with Crippen molar-refractivity contribution in [3.8, 4) is 11.5 Å². The first kappa shape index (κ1) is 16.1. The van der Waals surface area contributed by atoms with E-state index in [1.165, 1.54) is 0 Å². The minimum atomic E-state index is 0.105. The minimum absolute atomic E-state index is 0.105. The van der Waals surface area contributed by atoms with Crippen LogP contribution in [0.4, 0.5) is 0 Å². The molecule has 1 aromatic heterocycles. The molecular weight excluding hydrogens is 310 g/mol. The summed E-state index contributed by atoms with van der Waals surface area (Å²) in [5.41, 5.74) is 1.83. The van der Waals surface area contributed by atoms with Crippen molar-refractivity contribution in [3.63, 3.8) is 0 Å². The first-order chi connectivity index (χ1) is 11.3. The molecule has 0 radical (unpaired) electrons. The molecule has 1 amide bonds. The summed E-state index contributed by atoms with van der Waals surface area (Å²) in [5, 5.41) is 6.39. The van der Waals surface area contributed by atoms with Crippen LogP contribution in [0.2, 0.25) is 0 Å². The molecule has 2 aromatic rings. The van der Waals surface area contributed by atoms with Crippen molar-refractivity contribution < 1.29 is 9.21 Å². The summed E-state index contributed by atoms with van der Waals surface area (Å²) in [5.74, 6) is 1.86. The Bertz CT molecular complexity index is 624. The largest absolute Gasteiger partial charge is 0.444 e. The Kier molecular flexibility index (Phi) is 5.71. The fraction of sp³-hybridized carbons (Fsp3) is 0.412. The normalized spacial score (nSPS) is 15.5. The van der Waals surface area contributed by atoms with Crippen molar-refractivity contribution >= 4 is 17.7 Å². The number of thioether (sulfide) groups is 1. The van der Waals surface area contributed by atoms with Crippen molar-refractivity contribution in [2.75, 3.05) is 18.8 Å². The number of piperidine rings is 1. The molecule has 3 rings (SSSR count). The van der Waals surface area contributed by atoms with Gasteiger partial charge in [0.05, 0.1) is 11.4 Å². The number of hydrogen-bond donors (Lipinski definition) is 2. The van der Waals surface area contributed by atoms with Gasteiger partial charge >= 0.3 is 0 Å². The van der Waals surface area contributed by atoms with Gasteiger partial charge < -0.3 is 15.1 Å². The van der Waals surface area contributed by atoms with E-state index in [2.05, 4.69) is 15.6 Å². The summed E-state index contributed by atoms with van der Waals surface area (Å²) < 4.78 is 5.50. The second-order valence-electron chi connectivity index (χ2n) is 5.59. The Hall–Kier alpha value is -1.79. The van der Waals surface area contributed by atoms with Crippen LogP contribution in [0, 0.1) is 0 Å². The van der Waals surface area contributed by atoms with Crippen LogP contribution >= 0.6 is 11.8 Å². The molecule has 1 saturated heterocycles. The number of hydrogen-bond acceptors (Lipinski definition) is 5. The zero-order valence-electron chi connectivity index (χ0n) is 13.0. The molecule has 0 atom stereocenters. The summed E-state index contributed by atoms with van der Waals surface area (Å²) in [6, 6.07) is 10.1. The molecule has 1 aliphatic heterocycles. The van der Waals surface area contributed by atoms with Gasteiger partial charge in [0.15, 0.2) is 0 Å². The number of carbonyl (C=O) groups excluding carboxylic acids is 1. The third kappa shape index (κ3) is 4.84. The van der Waals surface area contributed by atoms with Gasteiger partial charge in [-0.25, -0.2) is 4.98 Å². The monoisotopic (exact) mass is 331 g/mol. The topological polar surface area (TPSA) is 67.2 Å². The Morgan fingerprint density at radius 1 is 1.30 bits per heavy atom. The van der Waals surface area contributed by atoms with E-state index in [1.807, 2.05) is 30.3 Å². The maximum Gasteiger partial charge on any atom is 0.230 e. The number of aromatic nitrogens is 1. The molecule has 0 aliphatic carbocycles. The van der Waals surface area contributed by atoms with Crippen LogP contribution in [-0.4, -0.2) is 35.8 Å². The first-order valence-electron chi connectivity index (χ1n) is 7.89. The zero-order valence-corrected chi connectivity index (χ0v) is 13.8. The molecule has 2 N–H and O–H groups in total. The molecule has 122 valence electrons. The zero-order chi connectivity index (χ0) is 15.9. The summed E-state index contributed by atoms with van der Waals surface area (Å²) >= 11 is 1.56. The van der Waals surface area contributed by atoms with E-state index in [9.17, 15) is 4.79 Å². The van der Waals surface area contributed by atoms with Gasteiger partial charge in [0.25, 0.3) is 0 Å². The van der Waals surface area contributed by atoms with Gasteiger partial charge in [0.2, 0.25) is 11.8 Å². The van der Waals surface area contributed by atoms with E-state index in [4.69, 9.17) is 4.42 Å². The molecule has 6 heteroatoms. The lowest BCUT2D eigenvalue weighted by Crippen LogP contribution is -2.43. The predicted octanol–water partition coefficient (Wildman–Crippen LogP) is 2.44. The second kappa shape index (κ2) is 8.17. The third-order valence-corrected chi connectivity index (χ3v) is 4.73. The highest BCUT2D eigenvalue weighted by Gasteiger charge is 2.15. The fourth-order valence-corrected chi connectivity index (χ4v) is 3.28. The maximum absolute atomic E-state index is 11.9. The highest BCUT2D eigenvalue weighted by atomic mass is 32.2. The van der Waals surface area contributed by atoms with Crippen LogP contribution in [0.3, 0.4) is 0 Å². The number of nitrogens with zero attached hydrogens (tertiary/aromatic N) is 1. The Balaban J connectivity index is 1.42. The van der Waals surface area contributed by atoms with E-state index in [-0.39, 0.29) is 5.91 Å². The number of nitrogens with one attached hydrogen (secondary N) is 2. The van der Waals surface area contributed by atoms with Gasteiger partial charge in [-0.2, -0.15) is 0 Å². The van der Waals surface area contributed by atoms with Crippen LogP contribution in [0.5, 0.6) is 0 Å². The lowest BCUT2D eigenvalue weighted by Gasteiger charge is -2.23. The summed E-state index contributed by atoms with van der Waals surface area (Å²) in [7, 11) is 0. The Morgan fingerprint density at radius 2 is 2.09 bits per heavy atom. The van der Waals surface area contributed by atoms with Gasteiger partial charge in [-0.15, -0.1) is 11.8 Å².